The van der Waals surface area contributed by atoms with Crippen LogP contribution in [0, 0.1) is 11.1 Å². The van der Waals surface area contributed by atoms with Crippen molar-refractivity contribution in [2.75, 3.05) is 0 Å². The Bertz CT molecular complexity index is 305. The molecule has 0 fully saturated rings. The number of nitriles is 1. The topological polar surface area (TPSA) is 50.1 Å². The zero-order valence-electron chi connectivity index (χ0n) is 6.30. The highest BCUT2D eigenvalue weighted by Crippen LogP contribution is 2.21. The van der Waals surface area contributed by atoms with Crippen molar-refractivity contribution < 1.29 is 9.09 Å². The lowest BCUT2D eigenvalue weighted by molar-refractivity contribution is 0.325. The maximum absolute atomic E-state index is 10.5. The van der Waals surface area contributed by atoms with Gasteiger partial charge in [0.1, 0.15) is 6.61 Å². The van der Waals surface area contributed by atoms with Crippen molar-refractivity contribution in [1.82, 2.24) is 0 Å². The van der Waals surface area contributed by atoms with Gasteiger partial charge in [0.2, 0.25) is 0 Å². The molecule has 0 aliphatic heterocycles. The molecule has 0 aromatic heterocycles. The van der Waals surface area contributed by atoms with E-state index in [-0.39, 0.29) is 6.61 Å². The standard InChI is InChI=1S/C8H7NO2P/c9-7-12(10)11-6-8-4-2-1-3-5-8/h1-5H,6H2/q+1. The van der Waals surface area contributed by atoms with Crippen molar-refractivity contribution in [3.8, 4) is 5.81 Å². The molecule has 0 radical (unpaired) electrons. The van der Waals surface area contributed by atoms with Crippen molar-refractivity contribution in [1.29, 1.82) is 5.26 Å². The Morgan fingerprint density at radius 1 is 1.42 bits per heavy atom. The molecule has 60 valence electrons. The summed E-state index contributed by atoms with van der Waals surface area (Å²) in [4.78, 5) is 0. The fraction of sp³-hybridized carbons (Fsp3) is 0.125. The second kappa shape index (κ2) is 4.61. The molecule has 0 bridgehead atoms. The highest BCUT2D eigenvalue weighted by molar-refractivity contribution is 7.44. The number of nitrogens with zero attached hydrogens (tertiary/aromatic N) is 1. The minimum atomic E-state index is -2.15. The first kappa shape index (κ1) is 8.86. The van der Waals surface area contributed by atoms with Crippen LogP contribution in [-0.4, -0.2) is 0 Å². The largest absolute Gasteiger partial charge is 0.632 e. The maximum Gasteiger partial charge on any atom is 0.632 e. The molecule has 0 N–H and O–H groups in total. The molecule has 1 rings (SSSR count). The highest BCUT2D eigenvalue weighted by atomic mass is 31.1. The third kappa shape index (κ3) is 2.79. The summed E-state index contributed by atoms with van der Waals surface area (Å²) in [6.45, 7) is 0.226. The third-order valence-electron chi connectivity index (χ3n) is 1.27. The second-order valence-electron chi connectivity index (χ2n) is 2.12. The lowest BCUT2D eigenvalue weighted by Crippen LogP contribution is -1.83. The molecule has 0 aliphatic rings. The molecule has 0 amide bonds. The molecule has 4 heteroatoms. The fourth-order valence-corrected chi connectivity index (χ4v) is 1.06. The average Bonchev–Trinajstić information content (AvgIpc) is 2.16. The van der Waals surface area contributed by atoms with Gasteiger partial charge in [0.25, 0.3) is 0 Å². The van der Waals surface area contributed by atoms with E-state index >= 15 is 0 Å². The molecule has 0 spiro atoms. The summed E-state index contributed by atoms with van der Waals surface area (Å²) in [6.07, 6.45) is 0. The van der Waals surface area contributed by atoms with Gasteiger partial charge in [0.15, 0.2) is 0 Å². The van der Waals surface area contributed by atoms with Crippen LogP contribution < -0.4 is 0 Å². The van der Waals surface area contributed by atoms with Gasteiger partial charge in [-0.05, 0) is 10.1 Å². The summed E-state index contributed by atoms with van der Waals surface area (Å²) in [5.41, 5.74) is 0.913. The number of hydrogen-bond donors (Lipinski definition) is 0. The molecule has 1 unspecified atom stereocenters. The average molecular weight is 180 g/mol. The molecular weight excluding hydrogens is 173 g/mol. The Morgan fingerprint density at radius 2 is 2.08 bits per heavy atom. The Kier molecular flexibility index (Phi) is 3.40. The van der Waals surface area contributed by atoms with Gasteiger partial charge in [0.05, 0.1) is 0 Å². The molecule has 0 aliphatic carbocycles. The first-order valence-corrected chi connectivity index (χ1v) is 4.54. The van der Waals surface area contributed by atoms with E-state index in [1.807, 2.05) is 30.3 Å². The minimum absolute atomic E-state index is 0.226. The maximum atomic E-state index is 10.5. The molecule has 0 heterocycles. The molecule has 1 aromatic carbocycles. The van der Waals surface area contributed by atoms with Gasteiger partial charge in [0, 0.05) is 0 Å². The number of rotatable bonds is 3. The monoisotopic (exact) mass is 180 g/mol. The molecule has 0 saturated carbocycles. The van der Waals surface area contributed by atoms with Crippen LogP contribution in [0.25, 0.3) is 0 Å². The Balaban J connectivity index is 2.45. The van der Waals surface area contributed by atoms with Gasteiger partial charge < -0.3 is 0 Å². The van der Waals surface area contributed by atoms with Gasteiger partial charge >= 0.3 is 13.8 Å². The SMILES string of the molecule is N#C[P+](=O)OCc1ccccc1. The Hall–Kier alpha value is -1.23. The van der Waals surface area contributed by atoms with Gasteiger partial charge in [-0.3, -0.25) is 0 Å². The lowest BCUT2D eigenvalue weighted by atomic mass is 10.2. The van der Waals surface area contributed by atoms with Crippen LogP contribution in [0.5, 0.6) is 0 Å². The smallest absolute Gasteiger partial charge is 0.136 e. The van der Waals surface area contributed by atoms with Crippen molar-refractivity contribution in [2.24, 2.45) is 0 Å². The van der Waals surface area contributed by atoms with Crippen LogP contribution >= 0.6 is 8.03 Å². The molecule has 3 nitrogen and oxygen atoms in total. The molecule has 12 heavy (non-hydrogen) atoms. The Labute approximate surface area is 71.5 Å². The summed E-state index contributed by atoms with van der Waals surface area (Å²) >= 11 is 0. The summed E-state index contributed by atoms with van der Waals surface area (Å²) in [5, 5.41) is 8.15. The Morgan fingerprint density at radius 3 is 2.67 bits per heavy atom. The normalized spacial score (nSPS) is 10.4. The first-order chi connectivity index (χ1) is 5.83. The van der Waals surface area contributed by atoms with E-state index in [9.17, 15) is 4.57 Å². The summed E-state index contributed by atoms with van der Waals surface area (Å²) < 4.78 is 15.3. The van der Waals surface area contributed by atoms with Crippen LogP contribution in [0.2, 0.25) is 0 Å². The number of benzene rings is 1. The van der Waals surface area contributed by atoms with Crippen LogP contribution in [0.15, 0.2) is 30.3 Å². The van der Waals surface area contributed by atoms with E-state index in [1.165, 1.54) is 5.81 Å². The third-order valence-corrected chi connectivity index (χ3v) is 1.80. The van der Waals surface area contributed by atoms with E-state index in [0.29, 0.717) is 0 Å². The predicted molar refractivity (Wildman–Crippen MR) is 44.5 cm³/mol. The lowest BCUT2D eigenvalue weighted by Gasteiger charge is -1.90. The van der Waals surface area contributed by atoms with Crippen LogP contribution in [-0.2, 0) is 15.7 Å². The van der Waals surface area contributed by atoms with Gasteiger partial charge in [-0.1, -0.05) is 30.3 Å². The zero-order valence-corrected chi connectivity index (χ0v) is 7.20. The summed E-state index contributed by atoms with van der Waals surface area (Å²) in [7, 11) is -2.15. The number of hydrogen-bond acceptors (Lipinski definition) is 3. The van der Waals surface area contributed by atoms with Gasteiger partial charge in [-0.15, -0.1) is 9.79 Å². The van der Waals surface area contributed by atoms with E-state index < -0.39 is 8.03 Å². The van der Waals surface area contributed by atoms with Crippen molar-refractivity contribution in [3.63, 3.8) is 0 Å². The van der Waals surface area contributed by atoms with E-state index in [0.717, 1.165) is 5.56 Å². The quantitative estimate of drug-likeness (QED) is 0.671. The van der Waals surface area contributed by atoms with Gasteiger partial charge in [-0.25, -0.2) is 0 Å². The van der Waals surface area contributed by atoms with Crippen molar-refractivity contribution in [2.45, 2.75) is 6.61 Å². The first-order valence-electron chi connectivity index (χ1n) is 3.37. The fourth-order valence-electron chi connectivity index (χ4n) is 0.736. The van der Waals surface area contributed by atoms with Crippen LogP contribution in [0.4, 0.5) is 0 Å². The highest BCUT2D eigenvalue weighted by Gasteiger charge is 2.15. The van der Waals surface area contributed by atoms with Crippen LogP contribution in [0.1, 0.15) is 5.56 Å². The van der Waals surface area contributed by atoms with E-state index in [2.05, 4.69) is 0 Å². The molecule has 1 atom stereocenters. The van der Waals surface area contributed by atoms with Crippen molar-refractivity contribution >= 4 is 8.03 Å². The van der Waals surface area contributed by atoms with E-state index in [1.54, 1.807) is 0 Å². The second-order valence-corrected chi connectivity index (χ2v) is 3.09. The zero-order chi connectivity index (χ0) is 8.81. The minimum Gasteiger partial charge on any atom is -0.136 e. The van der Waals surface area contributed by atoms with E-state index in [4.69, 9.17) is 9.79 Å². The molecular formula is C8H7NO2P+. The summed E-state index contributed by atoms with van der Waals surface area (Å²) in [5.74, 6) is 1.52. The van der Waals surface area contributed by atoms with Gasteiger partial charge in [-0.2, -0.15) is 0 Å². The summed E-state index contributed by atoms with van der Waals surface area (Å²) in [6, 6.07) is 9.30. The van der Waals surface area contributed by atoms with Crippen molar-refractivity contribution in [3.05, 3.63) is 35.9 Å². The predicted octanol–water partition coefficient (Wildman–Crippen LogP) is 2.43. The van der Waals surface area contributed by atoms with Crippen LogP contribution in [0.3, 0.4) is 0 Å². The molecule has 0 saturated heterocycles. The molecule has 1 aromatic rings.